The van der Waals surface area contributed by atoms with Gasteiger partial charge in [-0.25, -0.2) is 0 Å². The van der Waals surface area contributed by atoms with Crippen LogP contribution < -0.4 is 4.74 Å². The number of ether oxygens (including phenoxy) is 1. The number of amides is 2. The topological polar surface area (TPSA) is 53.1 Å². The summed E-state index contributed by atoms with van der Waals surface area (Å²) in [6.45, 7) is 7.21. The van der Waals surface area contributed by atoms with Crippen LogP contribution in [0.2, 0.25) is 0 Å². The Morgan fingerprint density at radius 3 is 2.46 bits per heavy atom. The quantitative estimate of drug-likeness (QED) is 0.781. The lowest BCUT2D eigenvalue weighted by Gasteiger charge is -2.57. The maximum Gasteiger partial charge on any atom is 0.257 e. The molecule has 3 aliphatic rings. The molecule has 0 saturated carbocycles. The van der Waals surface area contributed by atoms with Crippen LogP contribution in [0.15, 0.2) is 24.3 Å². The van der Waals surface area contributed by atoms with Crippen molar-refractivity contribution in [2.24, 2.45) is 0 Å². The predicted octanol–water partition coefficient (Wildman–Crippen LogP) is 2.39. The molecule has 1 aromatic rings. The molecule has 3 fully saturated rings. The number of rotatable bonds is 5. The van der Waals surface area contributed by atoms with Gasteiger partial charge >= 0.3 is 0 Å². The third kappa shape index (κ3) is 3.62. The van der Waals surface area contributed by atoms with Gasteiger partial charge in [-0.2, -0.15) is 0 Å². The molecule has 3 saturated heterocycles. The second-order valence-corrected chi connectivity index (χ2v) is 8.24. The number of carbonyl (C=O) groups excluding carboxylic acids is 2. The highest BCUT2D eigenvalue weighted by Gasteiger charge is 2.49. The Morgan fingerprint density at radius 1 is 1.00 bits per heavy atom. The number of para-hydroxylation sites is 1. The Labute approximate surface area is 167 Å². The van der Waals surface area contributed by atoms with E-state index in [0.29, 0.717) is 31.0 Å². The third-order valence-corrected chi connectivity index (χ3v) is 6.56. The van der Waals surface area contributed by atoms with E-state index in [9.17, 15) is 9.59 Å². The van der Waals surface area contributed by atoms with Crippen LogP contribution in [0.3, 0.4) is 0 Å². The summed E-state index contributed by atoms with van der Waals surface area (Å²) in [4.78, 5) is 32.1. The molecule has 1 aromatic carbocycles. The minimum absolute atomic E-state index is 0.0240. The third-order valence-electron chi connectivity index (χ3n) is 6.56. The van der Waals surface area contributed by atoms with E-state index < -0.39 is 0 Å². The van der Waals surface area contributed by atoms with Crippen molar-refractivity contribution in [3.05, 3.63) is 29.8 Å². The van der Waals surface area contributed by atoms with Crippen LogP contribution in [-0.2, 0) is 4.79 Å². The van der Waals surface area contributed by atoms with Crippen LogP contribution in [-0.4, -0.2) is 77.9 Å². The van der Waals surface area contributed by atoms with Crippen molar-refractivity contribution in [1.82, 2.24) is 14.7 Å². The number of hydrogen-bond acceptors (Lipinski definition) is 4. The molecule has 1 atom stereocenters. The number of carbonyl (C=O) groups is 2. The van der Waals surface area contributed by atoms with E-state index in [2.05, 4.69) is 4.90 Å². The Kier molecular flexibility index (Phi) is 5.58. The lowest BCUT2D eigenvalue weighted by molar-refractivity contribution is -0.138. The lowest BCUT2D eigenvalue weighted by atomic mass is 9.77. The largest absolute Gasteiger partial charge is 0.493 e. The Bertz CT molecular complexity index is 731. The number of piperidine rings is 1. The van der Waals surface area contributed by atoms with Crippen LogP contribution in [0.4, 0.5) is 0 Å². The molecule has 4 rings (SSSR count). The van der Waals surface area contributed by atoms with E-state index in [4.69, 9.17) is 4.74 Å². The molecule has 0 aromatic heterocycles. The fraction of sp³-hybridized carbons (Fsp3) is 0.636. The van der Waals surface area contributed by atoms with Crippen molar-refractivity contribution in [2.45, 2.75) is 44.6 Å². The Balaban J connectivity index is 1.44. The Hall–Kier alpha value is -2.08. The van der Waals surface area contributed by atoms with Gasteiger partial charge in [0.2, 0.25) is 5.91 Å². The first-order valence-electron chi connectivity index (χ1n) is 10.7. The monoisotopic (exact) mass is 385 g/mol. The molecule has 0 N–H and O–H groups in total. The van der Waals surface area contributed by atoms with Crippen molar-refractivity contribution >= 4 is 11.8 Å². The molecule has 0 radical (unpaired) electrons. The van der Waals surface area contributed by atoms with Gasteiger partial charge in [0.15, 0.2) is 0 Å². The molecular formula is C22H31N3O3. The van der Waals surface area contributed by atoms with Crippen LogP contribution >= 0.6 is 0 Å². The molecule has 2 amide bonds. The highest BCUT2D eigenvalue weighted by atomic mass is 16.5. The summed E-state index contributed by atoms with van der Waals surface area (Å²) >= 11 is 0. The summed E-state index contributed by atoms with van der Waals surface area (Å²) in [5.41, 5.74) is 0.615. The molecular weight excluding hydrogens is 354 g/mol. The zero-order valence-corrected chi connectivity index (χ0v) is 16.9. The van der Waals surface area contributed by atoms with Gasteiger partial charge in [-0.1, -0.05) is 12.1 Å². The SMILES string of the molecule is CCOc1ccccc1C(=O)N1CCC[C@@]2(CCN2CC(=O)N2CCCC2)C1. The summed E-state index contributed by atoms with van der Waals surface area (Å²) < 4.78 is 5.66. The molecule has 3 aliphatic heterocycles. The van der Waals surface area contributed by atoms with Crippen molar-refractivity contribution in [1.29, 1.82) is 0 Å². The molecule has 6 heteroatoms. The average molecular weight is 386 g/mol. The second kappa shape index (κ2) is 8.11. The van der Waals surface area contributed by atoms with E-state index in [1.54, 1.807) is 0 Å². The van der Waals surface area contributed by atoms with Crippen LogP contribution in [0.5, 0.6) is 5.75 Å². The molecule has 0 unspecified atom stereocenters. The molecule has 6 nitrogen and oxygen atoms in total. The summed E-state index contributed by atoms with van der Waals surface area (Å²) in [6, 6.07) is 7.50. The van der Waals surface area contributed by atoms with Gasteiger partial charge in [-0.05, 0) is 51.2 Å². The van der Waals surface area contributed by atoms with E-state index in [1.807, 2.05) is 41.0 Å². The summed E-state index contributed by atoms with van der Waals surface area (Å²) in [6.07, 6.45) is 5.36. The van der Waals surface area contributed by atoms with Crippen molar-refractivity contribution in [3.63, 3.8) is 0 Å². The zero-order valence-electron chi connectivity index (χ0n) is 16.9. The van der Waals surface area contributed by atoms with Gasteiger partial charge in [0, 0.05) is 38.3 Å². The predicted molar refractivity (Wildman–Crippen MR) is 107 cm³/mol. The van der Waals surface area contributed by atoms with E-state index in [0.717, 1.165) is 58.3 Å². The van der Waals surface area contributed by atoms with E-state index in [-0.39, 0.29) is 17.4 Å². The first-order valence-corrected chi connectivity index (χ1v) is 10.7. The zero-order chi connectivity index (χ0) is 19.6. The molecule has 152 valence electrons. The highest BCUT2D eigenvalue weighted by molar-refractivity contribution is 5.97. The average Bonchev–Trinajstić information content (AvgIpc) is 3.26. The molecule has 0 bridgehead atoms. The van der Waals surface area contributed by atoms with Crippen molar-refractivity contribution in [3.8, 4) is 5.75 Å². The first kappa shape index (κ1) is 19.2. The molecule has 0 aliphatic carbocycles. The first-order chi connectivity index (χ1) is 13.6. The van der Waals surface area contributed by atoms with Gasteiger partial charge in [-0.15, -0.1) is 0 Å². The van der Waals surface area contributed by atoms with Crippen LogP contribution in [0, 0.1) is 0 Å². The maximum atomic E-state index is 13.2. The molecule has 1 spiro atoms. The van der Waals surface area contributed by atoms with Gasteiger partial charge < -0.3 is 14.5 Å². The summed E-state index contributed by atoms with van der Waals surface area (Å²) in [5, 5.41) is 0. The van der Waals surface area contributed by atoms with Gasteiger partial charge in [-0.3, -0.25) is 14.5 Å². The Morgan fingerprint density at radius 2 is 1.75 bits per heavy atom. The van der Waals surface area contributed by atoms with Crippen LogP contribution in [0.25, 0.3) is 0 Å². The molecule has 3 heterocycles. The van der Waals surface area contributed by atoms with E-state index >= 15 is 0 Å². The molecule has 28 heavy (non-hydrogen) atoms. The highest BCUT2D eigenvalue weighted by Crippen LogP contribution is 2.39. The van der Waals surface area contributed by atoms with Gasteiger partial charge in [0.25, 0.3) is 5.91 Å². The van der Waals surface area contributed by atoms with Gasteiger partial charge in [0.05, 0.1) is 18.7 Å². The van der Waals surface area contributed by atoms with Crippen molar-refractivity contribution < 1.29 is 14.3 Å². The fourth-order valence-corrected chi connectivity index (χ4v) is 4.91. The lowest BCUT2D eigenvalue weighted by Crippen LogP contribution is -2.68. The standard InChI is InChI=1S/C22H31N3O3/c1-2-28-19-9-4-3-8-18(19)21(27)24-14-7-10-22(17-24)11-15-25(22)16-20(26)23-12-5-6-13-23/h3-4,8-9H,2,5-7,10-17H2,1H3/t22-/m1/s1. The number of hydrogen-bond donors (Lipinski definition) is 0. The second-order valence-electron chi connectivity index (χ2n) is 8.24. The number of benzene rings is 1. The maximum absolute atomic E-state index is 13.2. The number of likely N-dealkylation sites (tertiary alicyclic amines) is 3. The minimum atomic E-state index is -0.0240. The number of nitrogens with zero attached hydrogens (tertiary/aromatic N) is 3. The fourth-order valence-electron chi connectivity index (χ4n) is 4.91. The normalized spacial score (nSPS) is 25.0. The van der Waals surface area contributed by atoms with Gasteiger partial charge in [0.1, 0.15) is 5.75 Å². The van der Waals surface area contributed by atoms with Crippen LogP contribution in [0.1, 0.15) is 49.4 Å². The van der Waals surface area contributed by atoms with E-state index in [1.165, 1.54) is 0 Å². The summed E-state index contributed by atoms with van der Waals surface area (Å²) in [7, 11) is 0. The van der Waals surface area contributed by atoms with Crippen molar-refractivity contribution in [2.75, 3.05) is 45.9 Å². The minimum Gasteiger partial charge on any atom is -0.493 e. The smallest absolute Gasteiger partial charge is 0.257 e. The summed E-state index contributed by atoms with van der Waals surface area (Å²) in [5.74, 6) is 0.951.